The van der Waals surface area contributed by atoms with Crippen molar-refractivity contribution >= 4 is 17.9 Å². The summed E-state index contributed by atoms with van der Waals surface area (Å²) in [6.45, 7) is 6.58. The van der Waals surface area contributed by atoms with Crippen molar-refractivity contribution in [2.45, 2.75) is 329 Å². The fraction of sp³-hybridized carbons (Fsp3) is 0.779. The third kappa shape index (κ3) is 59.7. The van der Waals surface area contributed by atoms with E-state index in [0.717, 1.165) is 103 Å². The van der Waals surface area contributed by atoms with Gasteiger partial charge in [-0.2, -0.15) is 0 Å². The number of esters is 3. The van der Waals surface area contributed by atoms with E-state index in [0.29, 0.717) is 19.3 Å². The summed E-state index contributed by atoms with van der Waals surface area (Å²) in [5.74, 6) is -0.895. The van der Waals surface area contributed by atoms with Crippen LogP contribution in [0.2, 0.25) is 0 Å². The number of ether oxygens (including phenoxy) is 3. The second kappa shape index (κ2) is 62.4. The van der Waals surface area contributed by atoms with Gasteiger partial charge in [-0.15, -0.1) is 0 Å². The van der Waals surface area contributed by atoms with Crippen LogP contribution in [0.25, 0.3) is 0 Å². The van der Waals surface area contributed by atoms with Crippen LogP contribution >= 0.6 is 0 Å². The zero-order valence-electron chi connectivity index (χ0n) is 49.1. The Morgan fingerprint density at radius 1 is 0.270 bits per heavy atom. The molecular formula is C68H120O6. The highest BCUT2D eigenvalue weighted by atomic mass is 16.6. The molecular weight excluding hydrogens is 913 g/mol. The number of hydrogen-bond acceptors (Lipinski definition) is 6. The maximum Gasteiger partial charge on any atom is 0.306 e. The van der Waals surface area contributed by atoms with Crippen molar-refractivity contribution in [3.8, 4) is 0 Å². The van der Waals surface area contributed by atoms with Gasteiger partial charge in [-0.25, -0.2) is 0 Å². The molecule has 74 heavy (non-hydrogen) atoms. The molecule has 0 saturated carbocycles. The summed E-state index contributed by atoms with van der Waals surface area (Å²) in [6.07, 6.45) is 80.6. The number of carbonyl (C=O) groups is 3. The molecule has 0 bridgehead atoms. The van der Waals surface area contributed by atoms with E-state index in [-0.39, 0.29) is 31.1 Å². The van der Waals surface area contributed by atoms with Crippen LogP contribution < -0.4 is 0 Å². The third-order valence-corrected chi connectivity index (χ3v) is 13.9. The van der Waals surface area contributed by atoms with E-state index >= 15 is 0 Å². The van der Waals surface area contributed by atoms with E-state index in [1.807, 2.05) is 0 Å². The average molecular weight is 1030 g/mol. The summed E-state index contributed by atoms with van der Waals surface area (Å²) in [6, 6.07) is 0. The van der Waals surface area contributed by atoms with E-state index < -0.39 is 6.10 Å². The van der Waals surface area contributed by atoms with E-state index in [1.54, 1.807) is 0 Å². The Bertz CT molecular complexity index is 1370. The number of hydrogen-bond donors (Lipinski definition) is 0. The van der Waals surface area contributed by atoms with Crippen LogP contribution in [0, 0.1) is 0 Å². The van der Waals surface area contributed by atoms with Crippen LogP contribution in [0.15, 0.2) is 72.9 Å². The largest absolute Gasteiger partial charge is 0.462 e. The van der Waals surface area contributed by atoms with Crippen molar-refractivity contribution in [3.05, 3.63) is 72.9 Å². The Kier molecular flexibility index (Phi) is 59.7. The Morgan fingerprint density at radius 3 is 0.824 bits per heavy atom. The number of rotatable bonds is 58. The van der Waals surface area contributed by atoms with Gasteiger partial charge in [0.2, 0.25) is 0 Å². The SMILES string of the molecule is CCCC/C=C\C/C=C\CCCCCCCC(=O)OC(COC(=O)CCCCCCC/C=C\CCCCCC)COC(=O)CCCCCCCCCCCCCCCC/C=C\C/C=C\C/C=C\CCCCCCC. The molecule has 0 N–H and O–H groups in total. The molecule has 6 heteroatoms. The minimum atomic E-state index is -0.786. The standard InChI is InChI=1S/C68H120O6/c1-4-7-10-13-16-19-22-25-27-28-29-30-31-32-33-34-35-36-37-38-39-40-41-44-46-49-52-55-58-61-67(70)73-64-65(63-72-66(69)60-57-54-51-48-45-42-24-21-18-15-12-9-6-3)74-68(71)62-59-56-53-50-47-43-26-23-20-17-14-11-8-5-2/h14,17,21-26,28-29,31-32,65H,4-13,15-16,18-20,27,30,33-64H2,1-3H3/b17-14-,24-21-,25-22-,26-23-,29-28-,32-31-. The normalized spacial score (nSPS) is 12.5. The topological polar surface area (TPSA) is 78.9 Å². The van der Waals surface area contributed by atoms with Crippen LogP contribution in [0.1, 0.15) is 323 Å². The number of unbranched alkanes of at least 4 members (excludes halogenated alkanes) is 35. The Labute approximate surface area is 459 Å². The second-order valence-electron chi connectivity index (χ2n) is 21.3. The zero-order chi connectivity index (χ0) is 53.6. The summed E-state index contributed by atoms with van der Waals surface area (Å²) in [5.41, 5.74) is 0. The highest BCUT2D eigenvalue weighted by Gasteiger charge is 2.19. The van der Waals surface area contributed by atoms with Crippen LogP contribution in [0.4, 0.5) is 0 Å². The van der Waals surface area contributed by atoms with Gasteiger partial charge in [0.15, 0.2) is 6.10 Å². The fourth-order valence-electron chi connectivity index (χ4n) is 9.05. The van der Waals surface area contributed by atoms with Crippen LogP contribution in [0.3, 0.4) is 0 Å². The molecule has 1 atom stereocenters. The molecule has 0 aliphatic carbocycles. The van der Waals surface area contributed by atoms with E-state index in [9.17, 15) is 14.4 Å². The van der Waals surface area contributed by atoms with E-state index in [1.165, 1.54) is 180 Å². The first-order chi connectivity index (χ1) is 36.5. The maximum absolute atomic E-state index is 12.9. The van der Waals surface area contributed by atoms with Gasteiger partial charge in [-0.05, 0) is 109 Å². The molecule has 0 fully saturated rings. The molecule has 0 aromatic carbocycles. The van der Waals surface area contributed by atoms with Crippen molar-refractivity contribution in [1.82, 2.24) is 0 Å². The molecule has 0 aromatic rings. The maximum atomic E-state index is 12.9. The minimum absolute atomic E-state index is 0.0824. The molecule has 0 rings (SSSR count). The van der Waals surface area contributed by atoms with Crippen LogP contribution in [-0.4, -0.2) is 37.2 Å². The van der Waals surface area contributed by atoms with E-state index in [2.05, 4.69) is 93.7 Å². The lowest BCUT2D eigenvalue weighted by atomic mass is 10.0. The van der Waals surface area contributed by atoms with Crippen molar-refractivity contribution in [2.75, 3.05) is 13.2 Å². The third-order valence-electron chi connectivity index (χ3n) is 13.9. The molecule has 0 aliphatic rings. The van der Waals surface area contributed by atoms with Gasteiger partial charge in [0.05, 0.1) is 0 Å². The Morgan fingerprint density at radius 2 is 0.500 bits per heavy atom. The summed E-state index contributed by atoms with van der Waals surface area (Å²) < 4.78 is 16.9. The lowest BCUT2D eigenvalue weighted by Gasteiger charge is -2.18. The first-order valence-corrected chi connectivity index (χ1v) is 31.9. The molecule has 6 nitrogen and oxygen atoms in total. The van der Waals surface area contributed by atoms with Gasteiger partial charge >= 0.3 is 17.9 Å². The Hall–Kier alpha value is -3.15. The number of allylic oxidation sites excluding steroid dienone is 12. The van der Waals surface area contributed by atoms with Crippen LogP contribution in [-0.2, 0) is 28.6 Å². The summed E-state index contributed by atoms with van der Waals surface area (Å²) in [5, 5.41) is 0. The molecule has 0 spiro atoms. The van der Waals surface area contributed by atoms with Gasteiger partial charge in [0, 0.05) is 19.3 Å². The Balaban J connectivity index is 4.21. The molecule has 428 valence electrons. The molecule has 0 aliphatic heterocycles. The monoisotopic (exact) mass is 1030 g/mol. The summed E-state index contributed by atoms with van der Waals surface area (Å²) in [7, 11) is 0. The molecule has 1 unspecified atom stereocenters. The number of carbonyl (C=O) groups excluding carboxylic acids is 3. The molecule has 0 heterocycles. The van der Waals surface area contributed by atoms with Crippen molar-refractivity contribution in [1.29, 1.82) is 0 Å². The zero-order valence-corrected chi connectivity index (χ0v) is 49.1. The van der Waals surface area contributed by atoms with Crippen molar-refractivity contribution in [3.63, 3.8) is 0 Å². The molecule has 0 saturated heterocycles. The van der Waals surface area contributed by atoms with E-state index in [4.69, 9.17) is 14.2 Å². The van der Waals surface area contributed by atoms with Crippen molar-refractivity contribution in [2.24, 2.45) is 0 Å². The van der Waals surface area contributed by atoms with Crippen LogP contribution in [0.5, 0.6) is 0 Å². The first-order valence-electron chi connectivity index (χ1n) is 31.9. The quantitative estimate of drug-likeness (QED) is 0.0261. The predicted octanol–water partition coefficient (Wildman–Crippen LogP) is 21.7. The van der Waals surface area contributed by atoms with Gasteiger partial charge < -0.3 is 14.2 Å². The second-order valence-corrected chi connectivity index (χ2v) is 21.3. The van der Waals surface area contributed by atoms with Gasteiger partial charge in [-0.1, -0.05) is 267 Å². The van der Waals surface area contributed by atoms with Gasteiger partial charge in [-0.3, -0.25) is 14.4 Å². The average Bonchev–Trinajstić information content (AvgIpc) is 3.40. The summed E-state index contributed by atoms with van der Waals surface area (Å²) >= 11 is 0. The lowest BCUT2D eigenvalue weighted by molar-refractivity contribution is -0.167. The van der Waals surface area contributed by atoms with Gasteiger partial charge in [0.25, 0.3) is 0 Å². The lowest BCUT2D eigenvalue weighted by Crippen LogP contribution is -2.30. The molecule has 0 amide bonds. The highest BCUT2D eigenvalue weighted by Crippen LogP contribution is 2.16. The molecule has 0 aromatic heterocycles. The smallest absolute Gasteiger partial charge is 0.306 e. The predicted molar refractivity (Wildman–Crippen MR) is 321 cm³/mol. The molecule has 0 radical (unpaired) electrons. The minimum Gasteiger partial charge on any atom is -0.462 e. The van der Waals surface area contributed by atoms with Crippen molar-refractivity contribution < 1.29 is 28.6 Å². The first kappa shape index (κ1) is 70.8. The fourth-order valence-corrected chi connectivity index (χ4v) is 9.05. The summed E-state index contributed by atoms with van der Waals surface area (Å²) in [4.78, 5) is 38.2. The van der Waals surface area contributed by atoms with Gasteiger partial charge in [0.1, 0.15) is 13.2 Å². The highest BCUT2D eigenvalue weighted by molar-refractivity contribution is 5.71.